The number of benzene rings is 3. The Morgan fingerprint density at radius 2 is 1.45 bits per heavy atom. The zero-order valence-electron chi connectivity index (χ0n) is 16.6. The predicted octanol–water partition coefficient (Wildman–Crippen LogP) is 5.17. The minimum Gasteiger partial charge on any atom is -0.497 e. The number of ether oxygens (including phenoxy) is 4. The van der Waals surface area contributed by atoms with Gasteiger partial charge in [-0.2, -0.15) is 0 Å². The van der Waals surface area contributed by atoms with Crippen LogP contribution in [0.25, 0.3) is 0 Å². The lowest BCUT2D eigenvalue weighted by molar-refractivity contribution is 0.0525. The molecule has 1 aliphatic heterocycles. The first-order chi connectivity index (χ1) is 14.2. The van der Waals surface area contributed by atoms with Crippen LogP contribution in [0.15, 0.2) is 60.7 Å². The molecule has 0 unspecified atom stereocenters. The van der Waals surface area contributed by atoms with Gasteiger partial charge in [0.1, 0.15) is 23.0 Å². The van der Waals surface area contributed by atoms with Crippen LogP contribution >= 0.6 is 0 Å². The van der Waals surface area contributed by atoms with Crippen molar-refractivity contribution >= 4 is 5.97 Å². The Balaban J connectivity index is 1.93. The molecule has 0 saturated heterocycles. The summed E-state index contributed by atoms with van der Waals surface area (Å²) in [5.41, 5.74) is 3.33. The molecule has 29 heavy (non-hydrogen) atoms. The van der Waals surface area contributed by atoms with E-state index in [1.807, 2.05) is 54.6 Å². The van der Waals surface area contributed by atoms with Crippen molar-refractivity contribution in [1.82, 2.24) is 0 Å². The summed E-state index contributed by atoms with van der Waals surface area (Å²) in [5.74, 6) is 2.26. The highest BCUT2D eigenvalue weighted by Gasteiger charge is 2.32. The lowest BCUT2D eigenvalue weighted by Crippen LogP contribution is -2.16. The van der Waals surface area contributed by atoms with Gasteiger partial charge in [0.05, 0.1) is 26.4 Å². The van der Waals surface area contributed by atoms with Gasteiger partial charge in [0, 0.05) is 29.2 Å². The second-order valence-electron chi connectivity index (χ2n) is 6.65. The minimum absolute atomic E-state index is 0.189. The predicted molar refractivity (Wildman–Crippen MR) is 109 cm³/mol. The first kappa shape index (κ1) is 18.9. The number of hydrogen-bond donors (Lipinski definition) is 0. The van der Waals surface area contributed by atoms with Gasteiger partial charge in [-0.05, 0) is 30.7 Å². The lowest BCUT2D eigenvalue weighted by atomic mass is 9.80. The summed E-state index contributed by atoms with van der Waals surface area (Å²) in [6, 6.07) is 19.0. The fourth-order valence-electron chi connectivity index (χ4n) is 3.70. The van der Waals surface area contributed by atoms with Gasteiger partial charge in [-0.15, -0.1) is 0 Å². The molecule has 3 aromatic rings. The molecule has 0 atom stereocenters. The van der Waals surface area contributed by atoms with Crippen molar-refractivity contribution < 1.29 is 23.7 Å². The number of rotatable bonds is 5. The third-order valence-corrected chi connectivity index (χ3v) is 5.05. The van der Waals surface area contributed by atoms with Gasteiger partial charge < -0.3 is 18.9 Å². The Morgan fingerprint density at radius 1 is 0.862 bits per heavy atom. The molecule has 3 aromatic carbocycles. The largest absolute Gasteiger partial charge is 0.497 e. The second kappa shape index (κ2) is 7.87. The Kier molecular flexibility index (Phi) is 5.12. The van der Waals surface area contributed by atoms with Gasteiger partial charge in [-0.1, -0.05) is 30.3 Å². The van der Waals surface area contributed by atoms with E-state index in [9.17, 15) is 4.79 Å². The standard InChI is InChI=1S/C24H22O5/c1-4-28-24(25)18-8-6-5-7-17(18)23-19-11-9-15(26-2)13-21(19)29-22-14-16(27-3)10-12-20(22)23/h5-14,23H,4H2,1-3H3. The zero-order valence-corrected chi connectivity index (χ0v) is 16.6. The van der Waals surface area contributed by atoms with Gasteiger partial charge in [0.2, 0.25) is 0 Å². The highest BCUT2D eigenvalue weighted by atomic mass is 16.5. The van der Waals surface area contributed by atoms with Gasteiger partial charge >= 0.3 is 5.97 Å². The smallest absolute Gasteiger partial charge is 0.338 e. The molecule has 1 heterocycles. The van der Waals surface area contributed by atoms with Crippen LogP contribution in [0.3, 0.4) is 0 Å². The van der Waals surface area contributed by atoms with Gasteiger partial charge in [0.25, 0.3) is 0 Å². The number of fused-ring (bicyclic) bond motifs is 2. The fraction of sp³-hybridized carbons (Fsp3) is 0.208. The van der Waals surface area contributed by atoms with E-state index in [1.54, 1.807) is 27.2 Å². The Morgan fingerprint density at radius 3 is 2.00 bits per heavy atom. The quantitative estimate of drug-likeness (QED) is 0.440. The molecule has 0 amide bonds. The fourth-order valence-corrected chi connectivity index (χ4v) is 3.70. The summed E-state index contributed by atoms with van der Waals surface area (Å²) in [7, 11) is 3.24. The van der Waals surface area contributed by atoms with Crippen molar-refractivity contribution in [2.75, 3.05) is 20.8 Å². The summed E-state index contributed by atoms with van der Waals surface area (Å²) < 4.78 is 22.2. The van der Waals surface area contributed by atoms with Crippen LogP contribution in [0.5, 0.6) is 23.0 Å². The van der Waals surface area contributed by atoms with Crippen LogP contribution in [0.1, 0.15) is 39.9 Å². The normalized spacial score (nSPS) is 12.4. The maximum absolute atomic E-state index is 12.6. The second-order valence-corrected chi connectivity index (χ2v) is 6.65. The molecule has 4 rings (SSSR count). The minimum atomic E-state index is -0.334. The number of methoxy groups -OCH3 is 2. The van der Waals surface area contributed by atoms with E-state index < -0.39 is 0 Å². The maximum Gasteiger partial charge on any atom is 0.338 e. The summed E-state index contributed by atoms with van der Waals surface area (Å²) in [4.78, 5) is 12.6. The SMILES string of the molecule is CCOC(=O)c1ccccc1C1c2ccc(OC)cc2Oc2cc(OC)ccc21. The highest BCUT2D eigenvalue weighted by molar-refractivity contribution is 5.92. The van der Waals surface area contributed by atoms with Crippen LogP contribution in [0, 0.1) is 0 Å². The van der Waals surface area contributed by atoms with Crippen molar-refractivity contribution in [1.29, 1.82) is 0 Å². The topological polar surface area (TPSA) is 54.0 Å². The van der Waals surface area contributed by atoms with Gasteiger partial charge in [-0.3, -0.25) is 0 Å². The Bertz CT molecular complexity index is 1000. The third kappa shape index (κ3) is 3.40. The van der Waals surface area contributed by atoms with E-state index in [2.05, 4.69) is 0 Å². The van der Waals surface area contributed by atoms with Crippen LogP contribution in [0.4, 0.5) is 0 Å². The van der Waals surface area contributed by atoms with E-state index >= 15 is 0 Å². The Labute approximate surface area is 169 Å². The van der Waals surface area contributed by atoms with E-state index in [0.29, 0.717) is 35.2 Å². The van der Waals surface area contributed by atoms with Crippen molar-refractivity contribution in [3.05, 3.63) is 82.9 Å². The average Bonchev–Trinajstić information content (AvgIpc) is 2.76. The highest BCUT2D eigenvalue weighted by Crippen LogP contribution is 2.49. The molecule has 0 saturated carbocycles. The van der Waals surface area contributed by atoms with Crippen molar-refractivity contribution in [2.24, 2.45) is 0 Å². The van der Waals surface area contributed by atoms with Crippen molar-refractivity contribution in [2.45, 2.75) is 12.8 Å². The first-order valence-electron chi connectivity index (χ1n) is 9.46. The average molecular weight is 390 g/mol. The number of carbonyl (C=O) groups is 1. The van der Waals surface area contributed by atoms with E-state index in [1.165, 1.54) is 0 Å². The molecule has 5 nitrogen and oxygen atoms in total. The molecule has 0 fully saturated rings. The molecule has 1 aliphatic rings. The Hall–Kier alpha value is -3.47. The first-order valence-corrected chi connectivity index (χ1v) is 9.46. The van der Waals surface area contributed by atoms with Gasteiger partial charge in [0.15, 0.2) is 0 Å². The van der Waals surface area contributed by atoms with E-state index in [0.717, 1.165) is 16.7 Å². The van der Waals surface area contributed by atoms with Crippen LogP contribution in [-0.4, -0.2) is 26.8 Å². The molecular weight excluding hydrogens is 368 g/mol. The summed E-state index contributed by atoms with van der Waals surface area (Å²) >= 11 is 0. The number of carbonyl (C=O) groups excluding carboxylic acids is 1. The molecule has 148 valence electrons. The van der Waals surface area contributed by atoms with Crippen LogP contribution in [0.2, 0.25) is 0 Å². The van der Waals surface area contributed by atoms with E-state index in [4.69, 9.17) is 18.9 Å². The molecule has 0 bridgehead atoms. The molecular formula is C24H22O5. The molecule has 0 aromatic heterocycles. The number of hydrogen-bond acceptors (Lipinski definition) is 5. The zero-order chi connectivity index (χ0) is 20.4. The van der Waals surface area contributed by atoms with Crippen molar-refractivity contribution in [3.8, 4) is 23.0 Å². The molecule has 0 spiro atoms. The van der Waals surface area contributed by atoms with Crippen LogP contribution < -0.4 is 14.2 Å². The summed E-state index contributed by atoms with van der Waals surface area (Å²) in [6.07, 6.45) is 0. The molecule has 0 aliphatic carbocycles. The van der Waals surface area contributed by atoms with E-state index in [-0.39, 0.29) is 11.9 Å². The molecule has 0 N–H and O–H groups in total. The lowest BCUT2D eigenvalue weighted by Gasteiger charge is -2.30. The third-order valence-electron chi connectivity index (χ3n) is 5.05. The summed E-state index contributed by atoms with van der Waals surface area (Å²) in [6.45, 7) is 2.13. The summed E-state index contributed by atoms with van der Waals surface area (Å²) in [5, 5.41) is 0. The monoisotopic (exact) mass is 390 g/mol. The van der Waals surface area contributed by atoms with Crippen LogP contribution in [-0.2, 0) is 4.74 Å². The maximum atomic E-state index is 12.6. The molecule has 0 radical (unpaired) electrons. The van der Waals surface area contributed by atoms with Gasteiger partial charge in [-0.25, -0.2) is 4.79 Å². The molecule has 5 heteroatoms. The number of esters is 1. The van der Waals surface area contributed by atoms with Crippen molar-refractivity contribution in [3.63, 3.8) is 0 Å².